The molecule has 1 atom stereocenters. The van der Waals surface area contributed by atoms with Crippen LogP contribution in [0.15, 0.2) is 41.8 Å². The third kappa shape index (κ3) is 6.10. The highest BCUT2D eigenvalue weighted by molar-refractivity contribution is 7.91. The van der Waals surface area contributed by atoms with Crippen LogP contribution in [-0.2, 0) is 32.0 Å². The highest BCUT2D eigenvalue weighted by atomic mass is 32.2. The largest absolute Gasteiger partial charge is 0.609 e. The van der Waals surface area contributed by atoms with Crippen LogP contribution in [0.4, 0.5) is 0 Å². The molecule has 2 aromatic rings. The molecule has 0 aliphatic heterocycles. The molecule has 7 nitrogen and oxygen atoms in total. The summed E-state index contributed by atoms with van der Waals surface area (Å²) in [4.78, 5) is 4.22. The van der Waals surface area contributed by atoms with Crippen LogP contribution < -0.4 is 0 Å². The SMILES string of the molecule is COCCOCOCCC[S+]([O-])c1nccn1-c1ccccc1CO. The molecule has 1 heterocycles. The molecule has 1 aromatic carbocycles. The van der Waals surface area contributed by atoms with Crippen LogP contribution in [0.1, 0.15) is 12.0 Å². The third-order valence-electron chi connectivity index (χ3n) is 3.45. The number of methoxy groups -OCH3 is 1. The summed E-state index contributed by atoms with van der Waals surface area (Å²) in [5, 5.41) is 9.95. The summed E-state index contributed by atoms with van der Waals surface area (Å²) in [6.07, 6.45) is 4.00. The van der Waals surface area contributed by atoms with Gasteiger partial charge in [0.1, 0.15) is 12.5 Å². The van der Waals surface area contributed by atoms with Gasteiger partial charge in [-0.05, 0) is 6.07 Å². The number of aromatic nitrogens is 2. The first-order valence-corrected chi connectivity index (χ1v) is 9.35. The van der Waals surface area contributed by atoms with Crippen molar-refractivity contribution in [3.8, 4) is 5.69 Å². The maximum absolute atomic E-state index is 12.5. The van der Waals surface area contributed by atoms with Gasteiger partial charge in [0.05, 0.1) is 38.3 Å². The van der Waals surface area contributed by atoms with Crippen LogP contribution in [0.3, 0.4) is 0 Å². The van der Waals surface area contributed by atoms with Crippen LogP contribution in [0.2, 0.25) is 0 Å². The Kier molecular flexibility index (Phi) is 8.95. The molecule has 0 spiro atoms. The molecule has 1 unspecified atom stereocenters. The predicted octanol–water partition coefficient (Wildman–Crippen LogP) is 1.50. The highest BCUT2D eigenvalue weighted by Crippen LogP contribution is 2.20. The van der Waals surface area contributed by atoms with Crippen molar-refractivity contribution in [1.82, 2.24) is 9.55 Å². The summed E-state index contributed by atoms with van der Waals surface area (Å²) in [5.74, 6) is 0.441. The van der Waals surface area contributed by atoms with Gasteiger partial charge in [-0.25, -0.2) is 0 Å². The number of ether oxygens (including phenoxy) is 3. The van der Waals surface area contributed by atoms with E-state index < -0.39 is 11.2 Å². The van der Waals surface area contributed by atoms with Crippen molar-refractivity contribution < 1.29 is 23.9 Å². The van der Waals surface area contributed by atoms with Gasteiger partial charge in [0, 0.05) is 36.5 Å². The van der Waals surface area contributed by atoms with Crippen LogP contribution in [0, 0.1) is 0 Å². The lowest BCUT2D eigenvalue weighted by Crippen LogP contribution is -2.16. The molecule has 1 aromatic heterocycles. The van der Waals surface area contributed by atoms with E-state index in [0.29, 0.717) is 37.2 Å². The van der Waals surface area contributed by atoms with Crippen LogP contribution in [-0.4, -0.2) is 58.7 Å². The second-order valence-electron chi connectivity index (χ2n) is 5.20. The number of nitrogens with zero attached hydrogens (tertiary/aromatic N) is 2. The van der Waals surface area contributed by atoms with Gasteiger partial charge in [-0.2, -0.15) is 4.98 Å². The number of para-hydroxylation sites is 1. The van der Waals surface area contributed by atoms with E-state index in [1.165, 1.54) is 0 Å². The molecule has 2 rings (SSSR count). The van der Waals surface area contributed by atoms with Gasteiger partial charge >= 0.3 is 5.16 Å². The van der Waals surface area contributed by atoms with E-state index in [0.717, 1.165) is 11.3 Å². The lowest BCUT2D eigenvalue weighted by molar-refractivity contribution is -0.0652. The second kappa shape index (κ2) is 11.2. The molecule has 1 N–H and O–H groups in total. The zero-order valence-electron chi connectivity index (χ0n) is 14.3. The summed E-state index contributed by atoms with van der Waals surface area (Å²) in [5.41, 5.74) is 1.55. The maximum Gasteiger partial charge on any atom is 0.327 e. The number of aliphatic hydroxyl groups is 1. The Morgan fingerprint density at radius 3 is 2.80 bits per heavy atom. The first-order valence-electron chi connectivity index (χ1n) is 8.03. The molecule has 25 heavy (non-hydrogen) atoms. The number of aliphatic hydroxyl groups excluding tert-OH is 1. The van der Waals surface area contributed by atoms with Gasteiger partial charge in [-0.3, -0.25) is 4.57 Å². The predicted molar refractivity (Wildman–Crippen MR) is 94.0 cm³/mol. The Morgan fingerprint density at radius 2 is 2.00 bits per heavy atom. The van der Waals surface area contributed by atoms with E-state index in [2.05, 4.69) is 4.98 Å². The van der Waals surface area contributed by atoms with Crippen molar-refractivity contribution in [2.45, 2.75) is 18.2 Å². The lowest BCUT2D eigenvalue weighted by Gasteiger charge is -2.14. The number of rotatable bonds is 12. The molecular weight excluding hydrogens is 344 g/mol. The molecule has 0 saturated heterocycles. The first kappa shape index (κ1) is 19.9. The number of hydrogen-bond acceptors (Lipinski definition) is 6. The fraction of sp³-hybridized carbons (Fsp3) is 0.471. The van der Waals surface area contributed by atoms with E-state index >= 15 is 0 Å². The van der Waals surface area contributed by atoms with Crippen LogP contribution >= 0.6 is 0 Å². The number of benzene rings is 1. The minimum atomic E-state index is -1.26. The Labute approximate surface area is 150 Å². The van der Waals surface area contributed by atoms with Gasteiger partial charge in [-0.1, -0.05) is 18.2 Å². The van der Waals surface area contributed by atoms with Crippen molar-refractivity contribution in [2.75, 3.05) is 39.5 Å². The van der Waals surface area contributed by atoms with Crippen molar-refractivity contribution in [3.63, 3.8) is 0 Å². The van der Waals surface area contributed by atoms with Gasteiger partial charge in [0.2, 0.25) is 0 Å². The summed E-state index contributed by atoms with van der Waals surface area (Å²) in [7, 11) is 1.61. The normalized spacial score (nSPS) is 12.4. The second-order valence-corrected chi connectivity index (χ2v) is 6.66. The summed E-state index contributed by atoms with van der Waals surface area (Å²) in [6, 6.07) is 7.43. The monoisotopic (exact) mass is 368 g/mol. The van der Waals surface area contributed by atoms with Crippen LogP contribution in [0.25, 0.3) is 5.69 Å². The van der Waals surface area contributed by atoms with Gasteiger partial charge < -0.3 is 23.9 Å². The minimum absolute atomic E-state index is 0.0860. The standard InChI is InChI=1S/C17H24N2O5S/c1-22-10-11-24-14-23-9-4-12-25(21)17-18-7-8-19(17)16-6-3-2-5-15(16)13-20/h2-3,5-8,20H,4,9-14H2,1H3. The van der Waals surface area contributed by atoms with E-state index in [9.17, 15) is 9.66 Å². The number of hydrogen-bond donors (Lipinski definition) is 1. The fourth-order valence-corrected chi connectivity index (χ4v) is 3.34. The Balaban J connectivity index is 1.83. The molecule has 0 radical (unpaired) electrons. The van der Waals surface area contributed by atoms with Crippen molar-refractivity contribution in [3.05, 3.63) is 42.2 Å². The van der Waals surface area contributed by atoms with Crippen molar-refractivity contribution in [2.24, 2.45) is 0 Å². The Hall–Kier alpha value is -1.42. The fourth-order valence-electron chi connectivity index (χ4n) is 2.22. The zero-order valence-corrected chi connectivity index (χ0v) is 15.1. The lowest BCUT2D eigenvalue weighted by atomic mass is 10.2. The number of imidazole rings is 1. The van der Waals surface area contributed by atoms with E-state index in [1.807, 2.05) is 24.3 Å². The van der Waals surface area contributed by atoms with Gasteiger partial charge in [0.15, 0.2) is 0 Å². The average molecular weight is 368 g/mol. The molecule has 0 fully saturated rings. The Bertz CT molecular complexity index is 623. The average Bonchev–Trinajstić information content (AvgIpc) is 3.13. The summed E-state index contributed by atoms with van der Waals surface area (Å²) in [6.45, 7) is 1.61. The topological polar surface area (TPSA) is 88.8 Å². The smallest absolute Gasteiger partial charge is 0.327 e. The Morgan fingerprint density at radius 1 is 1.20 bits per heavy atom. The molecular formula is C17H24N2O5S. The van der Waals surface area contributed by atoms with Crippen molar-refractivity contribution >= 4 is 11.2 Å². The van der Waals surface area contributed by atoms with Gasteiger partial charge in [-0.15, -0.1) is 0 Å². The van der Waals surface area contributed by atoms with E-state index in [-0.39, 0.29) is 13.4 Å². The zero-order chi connectivity index (χ0) is 17.9. The van der Waals surface area contributed by atoms with Gasteiger partial charge in [0.25, 0.3) is 0 Å². The van der Waals surface area contributed by atoms with Crippen LogP contribution in [0.5, 0.6) is 0 Å². The minimum Gasteiger partial charge on any atom is -0.609 e. The molecule has 0 saturated carbocycles. The van der Waals surface area contributed by atoms with Crippen molar-refractivity contribution in [1.29, 1.82) is 0 Å². The highest BCUT2D eigenvalue weighted by Gasteiger charge is 2.20. The summed E-state index contributed by atoms with van der Waals surface area (Å²) < 4.78 is 29.7. The molecule has 0 aliphatic rings. The maximum atomic E-state index is 12.5. The molecule has 8 heteroatoms. The molecule has 138 valence electrons. The molecule has 0 bridgehead atoms. The molecule has 0 aliphatic carbocycles. The first-order chi connectivity index (χ1) is 12.3. The third-order valence-corrected chi connectivity index (χ3v) is 4.82. The van der Waals surface area contributed by atoms with E-state index in [1.54, 1.807) is 24.1 Å². The quantitative estimate of drug-likeness (QED) is 0.347. The summed E-state index contributed by atoms with van der Waals surface area (Å²) >= 11 is -1.26. The van der Waals surface area contributed by atoms with E-state index in [4.69, 9.17) is 14.2 Å². The molecule has 0 amide bonds.